The Bertz CT molecular complexity index is 2060. The standard InChI is InChI=1S/C21H15FN.C15H28O2.C11H8N.Ir/c1-13-9-14(2)11-16(10-13)21-19-6-4-15-3-5-17(22)12-20(15)18(19)7-8-23-21;1-7-14(5,8-2)12(16)11-13(17)15(6,9-3)10-4;1-2-6-10(7-3-1)11-8-4-5-9-12-11;/h3-10,12H,1-2H3;11,16H,7-10H2,1-6H3;1-6,8-9H;/q-1;;-1;. The van der Waals surface area contributed by atoms with Crippen LogP contribution in [0.25, 0.3) is 44.1 Å². The van der Waals surface area contributed by atoms with Gasteiger partial charge in [-0.25, -0.2) is 4.39 Å². The Balaban J connectivity index is 0.000000224. The molecule has 0 unspecified atom stereocenters. The third kappa shape index (κ3) is 10.8. The second-order valence-electron chi connectivity index (χ2n) is 13.9. The fourth-order valence-electron chi connectivity index (χ4n) is 5.95. The Kier molecular flexibility index (Phi) is 15.8. The molecule has 1 radical (unpaired) electrons. The first-order chi connectivity index (χ1) is 24.9. The van der Waals surface area contributed by atoms with E-state index in [1.165, 1.54) is 17.7 Å². The van der Waals surface area contributed by atoms with E-state index in [9.17, 15) is 14.3 Å². The number of benzene rings is 4. The molecule has 53 heavy (non-hydrogen) atoms. The number of aliphatic hydroxyl groups excluding tert-OH is 1. The van der Waals surface area contributed by atoms with Crippen molar-refractivity contribution in [3.8, 4) is 22.5 Å². The van der Waals surface area contributed by atoms with Crippen LogP contribution in [0.1, 0.15) is 78.4 Å². The fourth-order valence-corrected chi connectivity index (χ4v) is 5.95. The molecule has 0 spiro atoms. The van der Waals surface area contributed by atoms with Gasteiger partial charge < -0.3 is 15.1 Å². The first-order valence-electron chi connectivity index (χ1n) is 18.2. The molecule has 4 aromatic carbocycles. The molecular weight excluding hydrogens is 836 g/mol. The molecule has 6 aromatic rings. The van der Waals surface area contributed by atoms with Gasteiger partial charge in [-0.15, -0.1) is 70.8 Å². The van der Waals surface area contributed by atoms with E-state index in [0.29, 0.717) is 0 Å². The Morgan fingerprint density at radius 3 is 2.04 bits per heavy atom. The van der Waals surface area contributed by atoms with Gasteiger partial charge in [0.25, 0.3) is 0 Å². The van der Waals surface area contributed by atoms with E-state index in [1.54, 1.807) is 18.5 Å². The summed E-state index contributed by atoms with van der Waals surface area (Å²) < 4.78 is 13.7. The van der Waals surface area contributed by atoms with Crippen LogP contribution >= 0.6 is 0 Å². The Labute approximate surface area is 329 Å². The number of allylic oxidation sites excluding steroid dienone is 2. The van der Waals surface area contributed by atoms with E-state index in [-0.39, 0.29) is 48.3 Å². The van der Waals surface area contributed by atoms with Gasteiger partial charge in [-0.2, -0.15) is 0 Å². The number of carbonyl (C=O) groups excluding carboxylic acids is 1. The Hall–Kier alpha value is -4.51. The van der Waals surface area contributed by atoms with Gasteiger partial charge in [-0.1, -0.05) is 85.7 Å². The zero-order valence-corrected chi connectivity index (χ0v) is 34.6. The molecule has 4 nitrogen and oxygen atoms in total. The van der Waals surface area contributed by atoms with Crippen molar-refractivity contribution in [1.82, 2.24) is 9.97 Å². The van der Waals surface area contributed by atoms with Crippen molar-refractivity contribution in [2.45, 2.75) is 81.1 Å². The summed E-state index contributed by atoms with van der Waals surface area (Å²) in [5.41, 5.74) is 5.54. The maximum absolute atomic E-state index is 13.7. The summed E-state index contributed by atoms with van der Waals surface area (Å²) in [5, 5.41) is 14.1. The third-order valence-electron chi connectivity index (χ3n) is 10.4. The predicted octanol–water partition coefficient (Wildman–Crippen LogP) is 12.8. The van der Waals surface area contributed by atoms with Gasteiger partial charge in [0, 0.05) is 49.4 Å². The molecule has 2 aromatic heterocycles. The zero-order valence-electron chi connectivity index (χ0n) is 32.2. The molecule has 0 aliphatic heterocycles. The summed E-state index contributed by atoms with van der Waals surface area (Å²) in [7, 11) is 0. The Morgan fingerprint density at radius 2 is 1.43 bits per heavy atom. The molecule has 6 rings (SSSR count). The molecule has 0 amide bonds. The first-order valence-corrected chi connectivity index (χ1v) is 18.2. The van der Waals surface area contributed by atoms with Crippen molar-refractivity contribution in [3.63, 3.8) is 0 Å². The summed E-state index contributed by atoms with van der Waals surface area (Å²) >= 11 is 0. The number of aromatic nitrogens is 2. The van der Waals surface area contributed by atoms with Crippen LogP contribution in [-0.2, 0) is 24.9 Å². The number of carbonyl (C=O) groups is 1. The van der Waals surface area contributed by atoms with Crippen LogP contribution in [0.3, 0.4) is 0 Å². The number of hydrogen-bond acceptors (Lipinski definition) is 4. The van der Waals surface area contributed by atoms with Crippen molar-refractivity contribution in [3.05, 3.63) is 144 Å². The molecule has 0 aliphatic carbocycles. The van der Waals surface area contributed by atoms with Crippen LogP contribution in [0, 0.1) is 42.6 Å². The summed E-state index contributed by atoms with van der Waals surface area (Å²) in [6, 6.07) is 35.3. The topological polar surface area (TPSA) is 63.1 Å². The maximum atomic E-state index is 13.7. The SMILES string of the molecule is CCC(C)(CC)C(=O)C=C(O)C(C)(CC)CC.Cc1[c-]c(-c2nccc3c2ccc2ccc(F)cc23)cc(C)c1.[Ir].[c-]1ccccc1-c1ccccn1. The predicted molar refractivity (Wildman–Crippen MR) is 215 cm³/mol. The minimum Gasteiger partial charge on any atom is -0.512 e. The van der Waals surface area contributed by atoms with Crippen molar-refractivity contribution < 1.29 is 34.4 Å². The molecular formula is C47H51FIrN2O2-2. The van der Waals surface area contributed by atoms with E-state index in [2.05, 4.69) is 47.2 Å². The summed E-state index contributed by atoms with van der Waals surface area (Å²) in [6.07, 6.45) is 8.33. The molecule has 0 fully saturated rings. The average Bonchev–Trinajstić information content (AvgIpc) is 3.17. The van der Waals surface area contributed by atoms with E-state index < -0.39 is 0 Å². The van der Waals surface area contributed by atoms with E-state index in [1.807, 2.05) is 109 Å². The number of nitrogens with zero attached hydrogens (tertiary/aromatic N) is 2. The normalized spacial score (nSPS) is 11.5. The fraction of sp³-hybridized carbons (Fsp3) is 0.298. The summed E-state index contributed by atoms with van der Waals surface area (Å²) in [5.74, 6) is 0.0649. The minimum atomic E-state index is -0.337. The number of ketones is 1. The van der Waals surface area contributed by atoms with Gasteiger partial charge >= 0.3 is 0 Å². The zero-order chi connectivity index (χ0) is 37.9. The van der Waals surface area contributed by atoms with Crippen LogP contribution in [-0.4, -0.2) is 20.9 Å². The first kappa shape index (κ1) is 42.9. The number of hydrogen-bond donors (Lipinski definition) is 1. The molecule has 0 saturated heterocycles. The number of fused-ring (bicyclic) bond motifs is 3. The minimum absolute atomic E-state index is 0. The second kappa shape index (κ2) is 19.5. The van der Waals surface area contributed by atoms with Crippen LogP contribution in [0.4, 0.5) is 4.39 Å². The molecule has 0 bridgehead atoms. The van der Waals surface area contributed by atoms with E-state index >= 15 is 0 Å². The monoisotopic (exact) mass is 887 g/mol. The molecule has 6 heteroatoms. The van der Waals surface area contributed by atoms with Crippen molar-refractivity contribution in [2.75, 3.05) is 0 Å². The van der Waals surface area contributed by atoms with Crippen LogP contribution in [0.2, 0.25) is 0 Å². The molecule has 0 aliphatic rings. The number of rotatable bonds is 9. The molecule has 0 atom stereocenters. The van der Waals surface area contributed by atoms with Gasteiger partial charge in [0.15, 0.2) is 5.78 Å². The second-order valence-corrected chi connectivity index (χ2v) is 13.9. The van der Waals surface area contributed by atoms with Gasteiger partial charge in [0.2, 0.25) is 0 Å². The van der Waals surface area contributed by atoms with E-state index in [4.69, 9.17) is 0 Å². The quantitative estimate of drug-likeness (QED) is 0.0680. The van der Waals surface area contributed by atoms with Gasteiger partial charge in [-0.05, 0) is 82.9 Å². The maximum Gasteiger partial charge on any atom is 0.164 e. The number of aliphatic hydroxyl groups is 1. The number of halogens is 1. The smallest absolute Gasteiger partial charge is 0.164 e. The van der Waals surface area contributed by atoms with Crippen molar-refractivity contribution in [1.29, 1.82) is 0 Å². The third-order valence-corrected chi connectivity index (χ3v) is 10.4. The summed E-state index contributed by atoms with van der Waals surface area (Å²) in [6.45, 7) is 16.2. The van der Waals surface area contributed by atoms with Crippen molar-refractivity contribution >= 4 is 27.3 Å². The van der Waals surface area contributed by atoms with Gasteiger partial charge in [0.1, 0.15) is 11.6 Å². The van der Waals surface area contributed by atoms with Crippen molar-refractivity contribution in [2.24, 2.45) is 10.8 Å². The van der Waals surface area contributed by atoms with Gasteiger partial charge in [0.05, 0.1) is 0 Å². The molecule has 0 saturated carbocycles. The van der Waals surface area contributed by atoms with E-state index in [0.717, 1.165) is 75.3 Å². The van der Waals surface area contributed by atoms with Crippen LogP contribution < -0.4 is 0 Å². The Morgan fingerprint density at radius 1 is 0.755 bits per heavy atom. The van der Waals surface area contributed by atoms with Crippen LogP contribution in [0.5, 0.6) is 0 Å². The van der Waals surface area contributed by atoms with Gasteiger partial charge in [-0.3, -0.25) is 4.79 Å². The molecule has 279 valence electrons. The number of pyridine rings is 2. The molecule has 2 heterocycles. The molecule has 1 N–H and O–H groups in total. The van der Waals surface area contributed by atoms with Crippen LogP contribution in [0.15, 0.2) is 115 Å². The summed E-state index contributed by atoms with van der Waals surface area (Å²) in [4.78, 5) is 21.0. The largest absolute Gasteiger partial charge is 0.512 e. The average molecular weight is 887 g/mol. The number of aryl methyl sites for hydroxylation is 2.